The second-order valence-corrected chi connectivity index (χ2v) is 3.85. The molecule has 0 spiro atoms. The maximum Gasteiger partial charge on any atom is 0.329 e. The van der Waals surface area contributed by atoms with E-state index in [9.17, 15) is 9.59 Å². The normalized spacial score (nSPS) is 14.1. The first kappa shape index (κ1) is 12.3. The first-order valence-corrected chi connectivity index (χ1v) is 5.07. The SMILES string of the molecule is CCC[C@@](C)(NC(=O)c1ccoc1)C(=O)O. The number of hydrogen-bond acceptors (Lipinski definition) is 3. The standard InChI is InChI=1S/C11H15NO4/c1-3-5-11(2,10(14)15)12-9(13)8-4-6-16-7-8/h4,6-7H,3,5H2,1-2H3,(H,12,13)(H,14,15)/t11-/m1/s1. The first-order chi connectivity index (χ1) is 7.49. The summed E-state index contributed by atoms with van der Waals surface area (Å²) in [5.74, 6) is -1.47. The summed E-state index contributed by atoms with van der Waals surface area (Å²) in [5, 5.41) is 11.6. The number of aliphatic carboxylic acids is 1. The third-order valence-corrected chi connectivity index (χ3v) is 2.39. The van der Waals surface area contributed by atoms with Gasteiger partial charge in [-0.05, 0) is 19.4 Å². The highest BCUT2D eigenvalue weighted by Crippen LogP contribution is 2.14. The number of carboxylic acids is 1. The van der Waals surface area contributed by atoms with E-state index in [0.29, 0.717) is 18.4 Å². The van der Waals surface area contributed by atoms with E-state index in [4.69, 9.17) is 9.52 Å². The largest absolute Gasteiger partial charge is 0.480 e. The quantitative estimate of drug-likeness (QED) is 0.798. The number of carbonyl (C=O) groups is 2. The lowest BCUT2D eigenvalue weighted by atomic mass is 9.96. The molecule has 1 aromatic rings. The third kappa shape index (κ3) is 2.62. The molecule has 0 radical (unpaired) electrons. The van der Waals surface area contributed by atoms with Gasteiger partial charge in [0.05, 0.1) is 11.8 Å². The maximum atomic E-state index is 11.7. The van der Waals surface area contributed by atoms with E-state index in [-0.39, 0.29) is 0 Å². The summed E-state index contributed by atoms with van der Waals surface area (Å²) in [6.45, 7) is 3.36. The zero-order valence-electron chi connectivity index (χ0n) is 9.32. The minimum absolute atomic E-state index is 0.323. The van der Waals surface area contributed by atoms with Crippen molar-refractivity contribution in [1.82, 2.24) is 5.32 Å². The van der Waals surface area contributed by atoms with E-state index in [1.54, 1.807) is 0 Å². The maximum absolute atomic E-state index is 11.7. The number of furan rings is 1. The second kappa shape index (κ2) is 4.83. The highest BCUT2D eigenvalue weighted by Gasteiger charge is 2.34. The molecule has 1 atom stereocenters. The molecule has 0 saturated heterocycles. The second-order valence-electron chi connectivity index (χ2n) is 3.85. The first-order valence-electron chi connectivity index (χ1n) is 5.07. The van der Waals surface area contributed by atoms with E-state index in [1.165, 1.54) is 25.5 Å². The number of rotatable bonds is 5. The van der Waals surface area contributed by atoms with Crippen LogP contribution in [0.25, 0.3) is 0 Å². The molecule has 5 heteroatoms. The number of carbonyl (C=O) groups excluding carboxylic acids is 1. The van der Waals surface area contributed by atoms with Crippen LogP contribution < -0.4 is 5.32 Å². The Balaban J connectivity index is 2.77. The lowest BCUT2D eigenvalue weighted by Gasteiger charge is -2.25. The van der Waals surface area contributed by atoms with E-state index in [2.05, 4.69) is 5.32 Å². The van der Waals surface area contributed by atoms with Crippen molar-refractivity contribution in [2.45, 2.75) is 32.2 Å². The molecule has 0 aliphatic heterocycles. The van der Waals surface area contributed by atoms with Gasteiger partial charge in [0.25, 0.3) is 5.91 Å². The Morgan fingerprint density at radius 3 is 2.69 bits per heavy atom. The summed E-state index contributed by atoms with van der Waals surface area (Å²) in [6.07, 6.45) is 3.71. The van der Waals surface area contributed by atoms with Gasteiger partial charge in [-0.2, -0.15) is 0 Å². The fraction of sp³-hybridized carbons (Fsp3) is 0.455. The highest BCUT2D eigenvalue weighted by molar-refractivity contribution is 5.97. The van der Waals surface area contributed by atoms with Crippen LogP contribution in [-0.2, 0) is 4.79 Å². The van der Waals surface area contributed by atoms with Crippen LogP contribution >= 0.6 is 0 Å². The lowest BCUT2D eigenvalue weighted by molar-refractivity contribution is -0.144. The van der Waals surface area contributed by atoms with Crippen LogP contribution in [0.15, 0.2) is 23.0 Å². The Labute approximate surface area is 93.4 Å². The van der Waals surface area contributed by atoms with Crippen molar-refractivity contribution < 1.29 is 19.1 Å². The van der Waals surface area contributed by atoms with Gasteiger partial charge in [-0.1, -0.05) is 13.3 Å². The molecule has 1 amide bonds. The summed E-state index contributed by atoms with van der Waals surface area (Å²) in [7, 11) is 0. The molecule has 0 saturated carbocycles. The molecule has 0 fully saturated rings. The Morgan fingerprint density at radius 2 is 2.25 bits per heavy atom. The summed E-state index contributed by atoms with van der Waals surface area (Å²) in [6, 6.07) is 1.49. The molecule has 0 unspecified atom stereocenters. The number of carboxylic acid groups (broad SMARTS) is 1. The molecule has 1 rings (SSSR count). The zero-order chi connectivity index (χ0) is 12.2. The molecule has 0 aliphatic rings. The molecule has 88 valence electrons. The van der Waals surface area contributed by atoms with E-state index in [1.807, 2.05) is 6.92 Å². The van der Waals surface area contributed by atoms with Gasteiger partial charge >= 0.3 is 5.97 Å². The predicted octanol–water partition coefficient (Wildman–Crippen LogP) is 1.65. The average molecular weight is 225 g/mol. The molecule has 0 aromatic carbocycles. The zero-order valence-corrected chi connectivity index (χ0v) is 9.32. The van der Waals surface area contributed by atoms with Crippen molar-refractivity contribution in [3.63, 3.8) is 0 Å². The van der Waals surface area contributed by atoms with Crippen LogP contribution in [0.2, 0.25) is 0 Å². The number of nitrogens with one attached hydrogen (secondary N) is 1. The van der Waals surface area contributed by atoms with Gasteiger partial charge in [-0.3, -0.25) is 4.79 Å². The van der Waals surface area contributed by atoms with Crippen molar-refractivity contribution in [2.75, 3.05) is 0 Å². The van der Waals surface area contributed by atoms with Gasteiger partial charge in [0.1, 0.15) is 11.8 Å². The average Bonchev–Trinajstić information content (AvgIpc) is 2.70. The smallest absolute Gasteiger partial charge is 0.329 e. The van der Waals surface area contributed by atoms with Crippen molar-refractivity contribution >= 4 is 11.9 Å². The fourth-order valence-electron chi connectivity index (χ4n) is 1.44. The van der Waals surface area contributed by atoms with Gasteiger partial charge in [-0.25, -0.2) is 4.79 Å². The molecule has 1 aromatic heterocycles. The Kier molecular flexibility index (Phi) is 3.71. The van der Waals surface area contributed by atoms with Crippen molar-refractivity contribution in [3.8, 4) is 0 Å². The van der Waals surface area contributed by atoms with Crippen LogP contribution in [0, 0.1) is 0 Å². The minimum Gasteiger partial charge on any atom is -0.480 e. The molecule has 0 bridgehead atoms. The topological polar surface area (TPSA) is 79.5 Å². The van der Waals surface area contributed by atoms with Crippen LogP contribution in [0.4, 0.5) is 0 Å². The fourth-order valence-corrected chi connectivity index (χ4v) is 1.44. The van der Waals surface area contributed by atoms with Crippen LogP contribution in [0.1, 0.15) is 37.0 Å². The van der Waals surface area contributed by atoms with Crippen LogP contribution in [0.5, 0.6) is 0 Å². The predicted molar refractivity (Wildman–Crippen MR) is 57.1 cm³/mol. The molecular weight excluding hydrogens is 210 g/mol. The van der Waals surface area contributed by atoms with Crippen molar-refractivity contribution in [3.05, 3.63) is 24.2 Å². The summed E-state index contributed by atoms with van der Waals surface area (Å²) >= 11 is 0. The van der Waals surface area contributed by atoms with Gasteiger partial charge in [0.2, 0.25) is 0 Å². The third-order valence-electron chi connectivity index (χ3n) is 2.39. The van der Waals surface area contributed by atoms with Gasteiger partial charge in [-0.15, -0.1) is 0 Å². The van der Waals surface area contributed by atoms with Crippen molar-refractivity contribution in [1.29, 1.82) is 0 Å². The molecule has 16 heavy (non-hydrogen) atoms. The molecular formula is C11H15NO4. The summed E-state index contributed by atoms with van der Waals surface area (Å²) < 4.78 is 4.76. The molecule has 2 N–H and O–H groups in total. The lowest BCUT2D eigenvalue weighted by Crippen LogP contribution is -2.52. The van der Waals surface area contributed by atoms with Crippen molar-refractivity contribution in [2.24, 2.45) is 0 Å². The van der Waals surface area contributed by atoms with Gasteiger partial charge in [0.15, 0.2) is 0 Å². The van der Waals surface area contributed by atoms with E-state index in [0.717, 1.165) is 0 Å². The molecule has 0 aliphatic carbocycles. The minimum atomic E-state index is -1.23. The van der Waals surface area contributed by atoms with E-state index < -0.39 is 17.4 Å². The monoisotopic (exact) mass is 225 g/mol. The number of amides is 1. The van der Waals surface area contributed by atoms with Gasteiger partial charge in [0, 0.05) is 0 Å². The van der Waals surface area contributed by atoms with Crippen LogP contribution in [-0.4, -0.2) is 22.5 Å². The molecule has 5 nitrogen and oxygen atoms in total. The summed E-state index contributed by atoms with van der Waals surface area (Å²) in [5.41, 5.74) is -0.910. The van der Waals surface area contributed by atoms with Crippen LogP contribution in [0.3, 0.4) is 0 Å². The Bertz CT molecular complexity index is 371. The van der Waals surface area contributed by atoms with E-state index >= 15 is 0 Å². The Hall–Kier alpha value is -1.78. The summed E-state index contributed by atoms with van der Waals surface area (Å²) in [4.78, 5) is 22.7. The Morgan fingerprint density at radius 1 is 1.56 bits per heavy atom. The number of hydrogen-bond donors (Lipinski definition) is 2. The van der Waals surface area contributed by atoms with Gasteiger partial charge < -0.3 is 14.8 Å². The molecule has 1 heterocycles. The highest BCUT2D eigenvalue weighted by atomic mass is 16.4.